The number of halogens is 1. The van der Waals surface area contributed by atoms with Crippen LogP contribution >= 0.6 is 24.0 Å². The first-order valence-corrected chi connectivity index (χ1v) is 9.37. The standard InChI is InChI=1S/C18H35N3O3.HI/c1-3-19-16(20-13-17(5-4-6-17)8-11-23-2)21-14-18(7-10-22)9-12-24-15-18;/h22H,3-15H2,1-2H3,(H2,19,20,21);1H. The molecule has 0 radical (unpaired) electrons. The highest BCUT2D eigenvalue weighted by Gasteiger charge is 2.37. The van der Waals surface area contributed by atoms with Gasteiger partial charge in [0, 0.05) is 45.4 Å². The van der Waals surface area contributed by atoms with Crippen LogP contribution in [0.1, 0.15) is 45.4 Å². The first kappa shape index (κ1) is 22.9. The van der Waals surface area contributed by atoms with Crippen molar-refractivity contribution in [3.63, 3.8) is 0 Å². The Balaban J connectivity index is 0.00000312. The number of rotatable bonds is 10. The summed E-state index contributed by atoms with van der Waals surface area (Å²) in [6.07, 6.45) is 6.70. The molecular formula is C18H36IN3O3. The third-order valence-electron chi connectivity index (χ3n) is 5.63. The lowest BCUT2D eigenvalue weighted by molar-refractivity contribution is 0.0732. The highest BCUT2D eigenvalue weighted by molar-refractivity contribution is 14.0. The van der Waals surface area contributed by atoms with E-state index in [1.807, 2.05) is 0 Å². The number of aliphatic hydroxyl groups is 1. The third-order valence-corrected chi connectivity index (χ3v) is 5.63. The second-order valence-corrected chi connectivity index (χ2v) is 7.42. The molecule has 0 bridgehead atoms. The van der Waals surface area contributed by atoms with Crippen molar-refractivity contribution < 1.29 is 14.6 Å². The van der Waals surface area contributed by atoms with Crippen LogP contribution in [0.3, 0.4) is 0 Å². The summed E-state index contributed by atoms with van der Waals surface area (Å²) in [5.41, 5.74) is 0.368. The average molecular weight is 469 g/mol. The highest BCUT2D eigenvalue weighted by Crippen LogP contribution is 2.43. The first-order valence-electron chi connectivity index (χ1n) is 9.37. The molecule has 0 aromatic carbocycles. The molecule has 0 aromatic rings. The maximum atomic E-state index is 9.35. The van der Waals surface area contributed by atoms with E-state index in [2.05, 4.69) is 17.6 Å². The number of hydrogen-bond acceptors (Lipinski definition) is 4. The van der Waals surface area contributed by atoms with Gasteiger partial charge in [0.05, 0.1) is 13.2 Å². The lowest BCUT2D eigenvalue weighted by atomic mass is 9.67. The van der Waals surface area contributed by atoms with E-state index in [0.29, 0.717) is 18.6 Å². The van der Waals surface area contributed by atoms with Gasteiger partial charge in [0.1, 0.15) is 0 Å². The van der Waals surface area contributed by atoms with Gasteiger partial charge < -0.3 is 25.2 Å². The Bertz CT molecular complexity index is 397. The largest absolute Gasteiger partial charge is 0.396 e. The van der Waals surface area contributed by atoms with Gasteiger partial charge in [0.15, 0.2) is 5.96 Å². The Labute approximate surface area is 169 Å². The van der Waals surface area contributed by atoms with Gasteiger partial charge in [-0.1, -0.05) is 6.42 Å². The Hall–Kier alpha value is -0.120. The fourth-order valence-electron chi connectivity index (χ4n) is 3.66. The van der Waals surface area contributed by atoms with Gasteiger partial charge in [0.2, 0.25) is 0 Å². The van der Waals surface area contributed by atoms with Crippen molar-refractivity contribution >= 4 is 29.9 Å². The average Bonchev–Trinajstić information content (AvgIpc) is 3.00. The number of hydrogen-bond donors (Lipinski definition) is 3. The van der Waals surface area contributed by atoms with Crippen molar-refractivity contribution in [2.45, 2.75) is 45.4 Å². The maximum Gasteiger partial charge on any atom is 0.191 e. The van der Waals surface area contributed by atoms with Crippen molar-refractivity contribution in [2.24, 2.45) is 15.8 Å². The predicted molar refractivity (Wildman–Crippen MR) is 112 cm³/mol. The number of aliphatic imine (C=N–C) groups is 1. The van der Waals surface area contributed by atoms with Crippen LogP contribution < -0.4 is 10.6 Å². The molecular weight excluding hydrogens is 433 g/mol. The molecule has 7 heteroatoms. The molecule has 6 nitrogen and oxygen atoms in total. The van der Waals surface area contributed by atoms with Crippen LogP contribution in [0.4, 0.5) is 0 Å². The normalized spacial score (nSPS) is 25.2. The number of nitrogens with one attached hydrogen (secondary N) is 2. The van der Waals surface area contributed by atoms with Crippen LogP contribution in [0.5, 0.6) is 0 Å². The number of ether oxygens (including phenoxy) is 2. The number of guanidine groups is 1. The lowest BCUT2D eigenvalue weighted by Crippen LogP contribution is -2.47. The van der Waals surface area contributed by atoms with E-state index in [0.717, 1.165) is 51.5 Å². The van der Waals surface area contributed by atoms with Crippen LogP contribution in [0.2, 0.25) is 0 Å². The Morgan fingerprint density at radius 2 is 2.00 bits per heavy atom. The molecule has 2 rings (SSSR count). The van der Waals surface area contributed by atoms with Crippen LogP contribution in [-0.4, -0.2) is 64.2 Å². The minimum absolute atomic E-state index is 0. The molecule has 1 unspecified atom stereocenters. The molecule has 3 N–H and O–H groups in total. The second-order valence-electron chi connectivity index (χ2n) is 7.42. The van der Waals surface area contributed by atoms with Crippen molar-refractivity contribution in [1.82, 2.24) is 10.6 Å². The van der Waals surface area contributed by atoms with Crippen LogP contribution in [0, 0.1) is 10.8 Å². The lowest BCUT2D eigenvalue weighted by Gasteiger charge is -2.42. The van der Waals surface area contributed by atoms with Crippen molar-refractivity contribution in [1.29, 1.82) is 0 Å². The molecule has 0 aromatic heterocycles. The molecule has 1 saturated carbocycles. The monoisotopic (exact) mass is 469 g/mol. The van der Waals surface area contributed by atoms with E-state index < -0.39 is 0 Å². The van der Waals surface area contributed by atoms with Crippen molar-refractivity contribution in [2.75, 3.05) is 53.2 Å². The van der Waals surface area contributed by atoms with Crippen LogP contribution in [0.25, 0.3) is 0 Å². The molecule has 148 valence electrons. The zero-order chi connectivity index (χ0) is 17.3. The molecule has 1 atom stereocenters. The van der Waals surface area contributed by atoms with Gasteiger partial charge >= 0.3 is 0 Å². The summed E-state index contributed by atoms with van der Waals surface area (Å²) >= 11 is 0. The Morgan fingerprint density at radius 1 is 1.20 bits per heavy atom. The summed E-state index contributed by atoms with van der Waals surface area (Å²) in [4.78, 5) is 4.80. The van der Waals surface area contributed by atoms with E-state index in [1.54, 1.807) is 7.11 Å². The zero-order valence-corrected chi connectivity index (χ0v) is 18.1. The van der Waals surface area contributed by atoms with E-state index >= 15 is 0 Å². The van der Waals surface area contributed by atoms with Crippen LogP contribution in [-0.2, 0) is 9.47 Å². The van der Waals surface area contributed by atoms with E-state index in [4.69, 9.17) is 14.5 Å². The SMILES string of the molecule is CCNC(=NCC1(CCO)CCOC1)NCC1(CCOC)CCC1.I. The van der Waals surface area contributed by atoms with Crippen molar-refractivity contribution in [3.05, 3.63) is 0 Å². The Kier molecular flexibility index (Phi) is 10.6. The summed E-state index contributed by atoms with van der Waals surface area (Å²) in [6, 6.07) is 0. The van der Waals surface area contributed by atoms with Crippen molar-refractivity contribution in [3.8, 4) is 0 Å². The molecule has 2 fully saturated rings. The summed E-state index contributed by atoms with van der Waals surface area (Å²) < 4.78 is 10.8. The van der Waals surface area contributed by atoms with Gasteiger partial charge in [-0.25, -0.2) is 0 Å². The minimum Gasteiger partial charge on any atom is -0.396 e. The summed E-state index contributed by atoms with van der Waals surface area (Å²) in [7, 11) is 1.77. The molecule has 25 heavy (non-hydrogen) atoms. The fourth-order valence-corrected chi connectivity index (χ4v) is 3.66. The van der Waals surface area contributed by atoms with Gasteiger partial charge in [-0.3, -0.25) is 4.99 Å². The van der Waals surface area contributed by atoms with E-state index in [1.165, 1.54) is 19.3 Å². The number of aliphatic hydroxyl groups excluding tert-OH is 1. The topological polar surface area (TPSA) is 75.1 Å². The first-order chi connectivity index (χ1) is 11.7. The fraction of sp³-hybridized carbons (Fsp3) is 0.944. The van der Waals surface area contributed by atoms with E-state index in [9.17, 15) is 5.11 Å². The van der Waals surface area contributed by atoms with Gasteiger partial charge in [-0.15, -0.1) is 24.0 Å². The predicted octanol–water partition coefficient (Wildman–Crippen LogP) is 2.16. The molecule has 1 heterocycles. The molecule has 0 spiro atoms. The van der Waals surface area contributed by atoms with E-state index in [-0.39, 0.29) is 36.0 Å². The van der Waals surface area contributed by atoms with Crippen LogP contribution in [0.15, 0.2) is 4.99 Å². The third kappa shape index (κ3) is 6.84. The second kappa shape index (κ2) is 11.6. The summed E-state index contributed by atoms with van der Waals surface area (Å²) in [5.74, 6) is 0.880. The van der Waals surface area contributed by atoms with Gasteiger partial charge in [-0.2, -0.15) is 0 Å². The zero-order valence-electron chi connectivity index (χ0n) is 15.8. The molecule has 0 amide bonds. The quantitative estimate of drug-likeness (QED) is 0.260. The Morgan fingerprint density at radius 3 is 2.52 bits per heavy atom. The van der Waals surface area contributed by atoms with Gasteiger partial charge in [0.25, 0.3) is 0 Å². The summed E-state index contributed by atoms with van der Waals surface area (Å²) in [6.45, 7) is 7.09. The number of methoxy groups -OCH3 is 1. The molecule has 1 aliphatic heterocycles. The summed E-state index contributed by atoms with van der Waals surface area (Å²) in [5, 5.41) is 16.2. The molecule has 1 saturated heterocycles. The number of nitrogens with zero attached hydrogens (tertiary/aromatic N) is 1. The minimum atomic E-state index is 0. The molecule has 1 aliphatic carbocycles. The maximum absolute atomic E-state index is 9.35. The highest BCUT2D eigenvalue weighted by atomic mass is 127. The molecule has 2 aliphatic rings. The van der Waals surface area contributed by atoms with Gasteiger partial charge in [-0.05, 0) is 44.4 Å². The smallest absolute Gasteiger partial charge is 0.191 e.